The Balaban J connectivity index is 1.25. The van der Waals surface area contributed by atoms with Gasteiger partial charge in [-0.3, -0.25) is 4.79 Å². The van der Waals surface area contributed by atoms with Gasteiger partial charge in [-0.2, -0.15) is 0 Å². The van der Waals surface area contributed by atoms with Crippen LogP contribution in [0.4, 0.5) is 0 Å². The topological polar surface area (TPSA) is 47.7 Å². The van der Waals surface area contributed by atoms with Crippen LogP contribution in [0.5, 0.6) is 11.5 Å². The summed E-state index contributed by atoms with van der Waals surface area (Å²) in [5.41, 5.74) is 2.57. The highest BCUT2D eigenvalue weighted by atomic mass is 16.5. The molecule has 2 N–H and O–H groups in total. The molecule has 0 unspecified atom stereocenters. The fraction of sp³-hybridized carbons (Fsp3) is 0.720. The Morgan fingerprint density at radius 2 is 1.61 bits per heavy atom. The maximum Gasteiger partial charge on any atom is 0.277 e. The number of hydrogen-bond acceptors (Lipinski definition) is 3. The maximum absolute atomic E-state index is 13.0. The third-order valence-electron chi connectivity index (χ3n) is 7.99. The summed E-state index contributed by atoms with van der Waals surface area (Å²) < 4.78 is 10.9. The van der Waals surface area contributed by atoms with Crippen LogP contribution in [0.3, 0.4) is 0 Å². The van der Waals surface area contributed by atoms with E-state index in [9.17, 15) is 4.79 Å². The minimum atomic E-state index is 0.387. The Morgan fingerprint density at radius 3 is 2.32 bits per heavy atom. The van der Waals surface area contributed by atoms with Crippen LogP contribution in [-0.4, -0.2) is 70.8 Å². The van der Waals surface area contributed by atoms with Crippen molar-refractivity contribution in [3.05, 3.63) is 23.3 Å². The first-order valence-electron chi connectivity index (χ1n) is 12.2. The van der Waals surface area contributed by atoms with Crippen LogP contribution < -0.4 is 19.3 Å². The maximum atomic E-state index is 13.0. The number of quaternary nitrogens is 2. The summed E-state index contributed by atoms with van der Waals surface area (Å²) in [5.74, 6) is 3.64. The SMILES string of the molecule is COc1cc(C)c(C[NH+]2CC[NH+](CC(=O)N3CC[C@H]4CCCC[C@@H]4C3)CC2)cc1OC. The van der Waals surface area contributed by atoms with Crippen molar-refractivity contribution >= 4 is 5.91 Å². The average molecular weight is 432 g/mol. The van der Waals surface area contributed by atoms with Gasteiger partial charge in [0.05, 0.1) is 14.2 Å². The lowest BCUT2D eigenvalue weighted by Crippen LogP contribution is -3.28. The molecule has 0 aromatic heterocycles. The van der Waals surface area contributed by atoms with E-state index in [1.165, 1.54) is 48.1 Å². The smallest absolute Gasteiger partial charge is 0.277 e. The molecular formula is C25H41N3O3+2. The summed E-state index contributed by atoms with van der Waals surface area (Å²) in [7, 11) is 3.38. The standard InChI is InChI=1S/C25H39N3O3/c1-19-14-23(30-2)24(31-3)15-22(19)16-26-10-12-27(13-11-26)18-25(29)28-9-8-20-6-4-5-7-21(20)17-28/h14-15,20-21H,4-13,16-18H2,1-3H3/p+2/t20-,21-/m1/s1. The van der Waals surface area contributed by atoms with E-state index >= 15 is 0 Å². The molecule has 6 nitrogen and oxygen atoms in total. The molecule has 2 atom stereocenters. The summed E-state index contributed by atoms with van der Waals surface area (Å²) >= 11 is 0. The minimum Gasteiger partial charge on any atom is -0.493 e. The van der Waals surface area contributed by atoms with Gasteiger partial charge in [-0.15, -0.1) is 0 Å². The zero-order valence-corrected chi connectivity index (χ0v) is 19.7. The lowest BCUT2D eigenvalue weighted by Gasteiger charge is -2.41. The molecule has 1 aromatic rings. The van der Waals surface area contributed by atoms with Crippen LogP contribution in [0, 0.1) is 18.8 Å². The van der Waals surface area contributed by atoms with Crippen molar-refractivity contribution in [1.82, 2.24) is 4.90 Å². The zero-order valence-electron chi connectivity index (χ0n) is 19.7. The molecule has 1 amide bonds. The number of aryl methyl sites for hydroxylation is 1. The molecule has 3 aliphatic rings. The van der Waals surface area contributed by atoms with Crippen LogP contribution in [0.25, 0.3) is 0 Å². The highest BCUT2D eigenvalue weighted by Crippen LogP contribution is 2.36. The fourth-order valence-corrected chi connectivity index (χ4v) is 5.95. The molecule has 31 heavy (non-hydrogen) atoms. The molecule has 1 aromatic carbocycles. The van der Waals surface area contributed by atoms with E-state index < -0.39 is 0 Å². The van der Waals surface area contributed by atoms with E-state index in [4.69, 9.17) is 9.47 Å². The Bertz CT molecular complexity index is 761. The number of rotatable bonds is 6. The predicted molar refractivity (Wildman–Crippen MR) is 121 cm³/mol. The largest absolute Gasteiger partial charge is 0.493 e. The number of piperazine rings is 1. The van der Waals surface area contributed by atoms with Gasteiger partial charge < -0.3 is 24.2 Å². The number of likely N-dealkylation sites (tertiary alicyclic amines) is 1. The van der Waals surface area contributed by atoms with Crippen molar-refractivity contribution in [1.29, 1.82) is 0 Å². The van der Waals surface area contributed by atoms with Crippen molar-refractivity contribution in [2.75, 3.05) is 60.0 Å². The van der Waals surface area contributed by atoms with E-state index in [1.54, 1.807) is 19.1 Å². The Kier molecular flexibility index (Phi) is 7.39. The number of nitrogens with zero attached hydrogens (tertiary/aromatic N) is 1. The van der Waals surface area contributed by atoms with Crippen molar-refractivity contribution in [2.24, 2.45) is 11.8 Å². The first-order valence-corrected chi connectivity index (χ1v) is 12.2. The fourth-order valence-electron chi connectivity index (χ4n) is 5.95. The second-order valence-corrected chi connectivity index (χ2v) is 9.92. The number of fused-ring (bicyclic) bond motifs is 1. The molecule has 2 aliphatic heterocycles. The van der Waals surface area contributed by atoms with Gasteiger partial charge in [0.2, 0.25) is 0 Å². The molecule has 4 rings (SSSR count). The van der Waals surface area contributed by atoms with Crippen LogP contribution in [0.1, 0.15) is 43.2 Å². The molecule has 6 heteroatoms. The number of carbonyl (C=O) groups excluding carboxylic acids is 1. The number of hydrogen-bond donors (Lipinski definition) is 2. The van der Waals surface area contributed by atoms with Crippen molar-refractivity contribution < 1.29 is 24.1 Å². The summed E-state index contributed by atoms with van der Waals surface area (Å²) in [6.07, 6.45) is 6.71. The number of amides is 1. The molecule has 2 saturated heterocycles. The van der Waals surface area contributed by atoms with Gasteiger partial charge in [0, 0.05) is 18.7 Å². The number of benzene rings is 1. The third-order valence-corrected chi connectivity index (χ3v) is 7.99. The first-order chi connectivity index (χ1) is 15.1. The predicted octanol–water partition coefficient (Wildman–Crippen LogP) is 0.334. The van der Waals surface area contributed by atoms with Gasteiger partial charge in [-0.1, -0.05) is 19.3 Å². The van der Waals surface area contributed by atoms with Gasteiger partial charge in [-0.25, -0.2) is 0 Å². The number of nitrogens with one attached hydrogen (secondary N) is 2. The van der Waals surface area contributed by atoms with Crippen LogP contribution >= 0.6 is 0 Å². The quantitative estimate of drug-likeness (QED) is 0.683. The molecule has 0 radical (unpaired) electrons. The molecule has 172 valence electrons. The van der Waals surface area contributed by atoms with E-state index in [-0.39, 0.29) is 0 Å². The molecular weight excluding hydrogens is 390 g/mol. The summed E-state index contributed by atoms with van der Waals surface area (Å²) in [6.45, 7) is 10.2. The number of piperidine rings is 1. The van der Waals surface area contributed by atoms with Crippen LogP contribution in [-0.2, 0) is 11.3 Å². The molecule has 1 aliphatic carbocycles. The molecule has 2 heterocycles. The van der Waals surface area contributed by atoms with Crippen molar-refractivity contribution in [3.8, 4) is 11.5 Å². The van der Waals surface area contributed by atoms with Crippen molar-refractivity contribution in [3.63, 3.8) is 0 Å². The monoisotopic (exact) mass is 431 g/mol. The van der Waals surface area contributed by atoms with E-state index in [2.05, 4.69) is 24.0 Å². The lowest BCUT2D eigenvalue weighted by molar-refractivity contribution is -1.02. The zero-order chi connectivity index (χ0) is 21.8. The molecule has 1 saturated carbocycles. The third kappa shape index (κ3) is 5.35. The molecule has 3 fully saturated rings. The van der Waals surface area contributed by atoms with Gasteiger partial charge in [0.15, 0.2) is 18.0 Å². The Hall–Kier alpha value is -1.79. The van der Waals surface area contributed by atoms with Gasteiger partial charge in [0.1, 0.15) is 32.7 Å². The van der Waals surface area contributed by atoms with E-state index in [0.29, 0.717) is 12.5 Å². The van der Waals surface area contributed by atoms with Crippen LogP contribution in [0.15, 0.2) is 12.1 Å². The Labute approximate surface area is 187 Å². The van der Waals surface area contributed by atoms with Crippen LogP contribution in [0.2, 0.25) is 0 Å². The first kappa shape index (κ1) is 22.4. The number of methoxy groups -OCH3 is 2. The second-order valence-electron chi connectivity index (χ2n) is 9.92. The number of ether oxygens (including phenoxy) is 2. The molecule has 0 spiro atoms. The lowest BCUT2D eigenvalue weighted by atomic mass is 9.75. The summed E-state index contributed by atoms with van der Waals surface area (Å²) in [4.78, 5) is 18.2. The highest BCUT2D eigenvalue weighted by Gasteiger charge is 2.34. The van der Waals surface area contributed by atoms with E-state index in [0.717, 1.165) is 69.1 Å². The molecule has 0 bridgehead atoms. The summed E-state index contributed by atoms with van der Waals surface area (Å²) in [5, 5.41) is 0. The summed E-state index contributed by atoms with van der Waals surface area (Å²) in [6, 6.07) is 4.20. The van der Waals surface area contributed by atoms with Gasteiger partial charge in [-0.05, 0) is 49.3 Å². The Morgan fingerprint density at radius 1 is 0.968 bits per heavy atom. The highest BCUT2D eigenvalue weighted by molar-refractivity contribution is 5.77. The van der Waals surface area contributed by atoms with E-state index in [1.807, 2.05) is 0 Å². The van der Waals surface area contributed by atoms with Gasteiger partial charge in [0.25, 0.3) is 5.91 Å². The van der Waals surface area contributed by atoms with Crippen molar-refractivity contribution in [2.45, 2.75) is 45.6 Å². The normalized spacial score (nSPS) is 28.7. The average Bonchev–Trinajstić information content (AvgIpc) is 2.80. The second kappa shape index (κ2) is 10.2. The van der Waals surface area contributed by atoms with Gasteiger partial charge >= 0.3 is 0 Å². The minimum absolute atomic E-state index is 0.387. The number of carbonyl (C=O) groups is 1.